The summed E-state index contributed by atoms with van der Waals surface area (Å²) in [4.78, 5) is 14.2. The lowest BCUT2D eigenvalue weighted by Crippen LogP contribution is -2.20. The molecule has 0 aliphatic carbocycles. The molecule has 0 heterocycles. The maximum Gasteiger partial charge on any atom is 0.313 e. The van der Waals surface area contributed by atoms with Crippen molar-refractivity contribution in [2.24, 2.45) is 0 Å². The molecule has 5 rings (SSSR count). The maximum absolute atomic E-state index is 14.2. The van der Waals surface area contributed by atoms with E-state index in [-0.39, 0.29) is 24.2 Å². The van der Waals surface area contributed by atoms with Crippen LogP contribution >= 0.6 is 0 Å². The summed E-state index contributed by atoms with van der Waals surface area (Å²) in [6, 6.07) is 38.1. The van der Waals surface area contributed by atoms with Crippen molar-refractivity contribution in [3.05, 3.63) is 132 Å². The molecule has 0 aliphatic heterocycles. The number of anilines is 1. The van der Waals surface area contributed by atoms with Crippen molar-refractivity contribution in [2.45, 2.75) is 52.0 Å². The molecule has 0 bridgehead atoms. The first-order valence-electron chi connectivity index (χ1n) is 15.9. The van der Waals surface area contributed by atoms with E-state index < -0.39 is 6.04 Å². The number of rotatable bonds is 12. The van der Waals surface area contributed by atoms with E-state index in [1.165, 1.54) is 11.1 Å². The molecule has 0 spiro atoms. The molecule has 46 heavy (non-hydrogen) atoms. The molecule has 0 radical (unpaired) electrons. The highest BCUT2D eigenvalue weighted by atomic mass is 16.5. The summed E-state index contributed by atoms with van der Waals surface area (Å²) in [7, 11) is 3.22. The van der Waals surface area contributed by atoms with Gasteiger partial charge in [-0.1, -0.05) is 131 Å². The summed E-state index contributed by atoms with van der Waals surface area (Å²) in [5.74, 6) is 1.97. The Balaban J connectivity index is 1.59. The van der Waals surface area contributed by atoms with E-state index in [2.05, 4.69) is 87.6 Å². The van der Waals surface area contributed by atoms with Gasteiger partial charge in [0, 0.05) is 11.1 Å². The monoisotopic (exact) mass is 613 g/mol. The van der Waals surface area contributed by atoms with Crippen molar-refractivity contribution in [1.82, 2.24) is 0 Å². The van der Waals surface area contributed by atoms with Crippen molar-refractivity contribution < 1.29 is 19.0 Å². The van der Waals surface area contributed by atoms with E-state index in [0.717, 1.165) is 33.5 Å². The maximum atomic E-state index is 14.2. The summed E-state index contributed by atoms with van der Waals surface area (Å²) in [6.45, 7) is 8.74. The highest BCUT2D eigenvalue weighted by molar-refractivity contribution is 5.88. The van der Waals surface area contributed by atoms with Gasteiger partial charge in [-0.25, -0.2) is 0 Å². The van der Waals surface area contributed by atoms with Crippen LogP contribution in [0, 0.1) is 0 Å². The number of benzene rings is 5. The number of hydrogen-bond acceptors (Lipinski definition) is 5. The van der Waals surface area contributed by atoms with Crippen LogP contribution < -0.4 is 19.5 Å². The van der Waals surface area contributed by atoms with Crippen LogP contribution in [0.5, 0.6) is 17.2 Å². The molecular formula is C41H43NO4. The van der Waals surface area contributed by atoms with Crippen molar-refractivity contribution in [3.8, 4) is 39.5 Å². The number of hydrogen-bond donors (Lipinski definition) is 1. The fraction of sp³-hybridized carbons (Fsp3) is 0.244. The Morgan fingerprint density at radius 1 is 0.587 bits per heavy atom. The molecule has 236 valence electrons. The van der Waals surface area contributed by atoms with Crippen LogP contribution in [-0.2, 0) is 4.79 Å². The van der Waals surface area contributed by atoms with Gasteiger partial charge in [0.25, 0.3) is 0 Å². The standard InChI is InChI=1S/C41H43NO4/c1-27(2)30-18-10-12-20-32(30)34-22-14-23-35(33-21-13-11-19-31(33)28(3)4)40(34)46-39(43)26-37(29-16-8-7-9-17-29)42-36-24-15-25-38(44-5)41(36)45-6/h7-25,27-28,37,42H,26H2,1-6H3. The van der Waals surface area contributed by atoms with E-state index in [0.29, 0.717) is 17.2 Å². The van der Waals surface area contributed by atoms with Crippen molar-refractivity contribution in [2.75, 3.05) is 19.5 Å². The zero-order valence-corrected chi connectivity index (χ0v) is 27.5. The van der Waals surface area contributed by atoms with Crippen LogP contribution in [0.3, 0.4) is 0 Å². The lowest BCUT2D eigenvalue weighted by molar-refractivity contribution is -0.134. The molecule has 5 aromatic carbocycles. The number of carbonyl (C=O) groups is 1. The first-order chi connectivity index (χ1) is 22.3. The zero-order valence-electron chi connectivity index (χ0n) is 27.5. The quantitative estimate of drug-likeness (QED) is 0.112. The normalized spacial score (nSPS) is 11.7. The van der Waals surface area contributed by atoms with Gasteiger partial charge in [-0.15, -0.1) is 0 Å². The predicted octanol–water partition coefficient (Wildman–Crippen LogP) is 10.4. The summed E-state index contributed by atoms with van der Waals surface area (Å²) < 4.78 is 17.7. The highest BCUT2D eigenvalue weighted by Crippen LogP contribution is 2.44. The number of carbonyl (C=O) groups excluding carboxylic acids is 1. The fourth-order valence-corrected chi connectivity index (χ4v) is 6.01. The molecule has 1 N–H and O–H groups in total. The SMILES string of the molecule is COc1cccc(NC(CC(=O)Oc2c(-c3ccccc3C(C)C)cccc2-c2ccccc2C(C)C)c2ccccc2)c1OC. The van der Waals surface area contributed by atoms with E-state index >= 15 is 0 Å². The molecule has 0 saturated heterocycles. The van der Waals surface area contributed by atoms with Crippen LogP contribution in [0.4, 0.5) is 5.69 Å². The third kappa shape index (κ3) is 7.10. The first kappa shape index (κ1) is 32.4. The number of esters is 1. The molecular weight excluding hydrogens is 570 g/mol. The average molecular weight is 614 g/mol. The number of methoxy groups -OCH3 is 2. The Hall–Kier alpha value is -5.03. The van der Waals surface area contributed by atoms with E-state index in [1.54, 1.807) is 14.2 Å². The third-order valence-corrected chi connectivity index (χ3v) is 8.28. The number of para-hydroxylation sites is 2. The molecule has 0 saturated carbocycles. The molecule has 5 aromatic rings. The van der Waals surface area contributed by atoms with Crippen LogP contribution in [0.2, 0.25) is 0 Å². The number of nitrogens with one attached hydrogen (secondary N) is 1. The van der Waals surface area contributed by atoms with Gasteiger partial charge in [0.05, 0.1) is 32.4 Å². The highest BCUT2D eigenvalue weighted by Gasteiger charge is 2.25. The second-order valence-corrected chi connectivity index (χ2v) is 12.0. The summed E-state index contributed by atoms with van der Waals surface area (Å²) in [5.41, 5.74) is 7.98. The largest absolute Gasteiger partial charge is 0.493 e. The van der Waals surface area contributed by atoms with Crippen LogP contribution in [0.15, 0.2) is 115 Å². The Morgan fingerprint density at radius 2 is 1.11 bits per heavy atom. The summed E-state index contributed by atoms with van der Waals surface area (Å²) >= 11 is 0. The van der Waals surface area contributed by atoms with Gasteiger partial charge < -0.3 is 19.5 Å². The van der Waals surface area contributed by atoms with Gasteiger partial charge in [-0.05, 0) is 51.8 Å². The number of ether oxygens (including phenoxy) is 3. The minimum atomic E-state index is -0.392. The molecule has 5 nitrogen and oxygen atoms in total. The Kier molecular flexibility index (Phi) is 10.4. The van der Waals surface area contributed by atoms with Crippen LogP contribution in [0.25, 0.3) is 22.3 Å². The predicted molar refractivity (Wildman–Crippen MR) is 188 cm³/mol. The summed E-state index contributed by atoms with van der Waals surface area (Å²) in [6.07, 6.45) is 0.0792. The molecule has 1 unspecified atom stereocenters. The third-order valence-electron chi connectivity index (χ3n) is 8.28. The topological polar surface area (TPSA) is 56.8 Å². The van der Waals surface area contributed by atoms with Crippen molar-refractivity contribution in [3.63, 3.8) is 0 Å². The molecule has 0 amide bonds. The fourth-order valence-electron chi connectivity index (χ4n) is 6.01. The molecule has 0 aliphatic rings. The Bertz CT molecular complexity index is 1710. The Morgan fingerprint density at radius 3 is 1.65 bits per heavy atom. The smallest absolute Gasteiger partial charge is 0.313 e. The van der Waals surface area contributed by atoms with Gasteiger partial charge in [0.15, 0.2) is 11.5 Å². The first-order valence-corrected chi connectivity index (χ1v) is 15.9. The van der Waals surface area contributed by atoms with Gasteiger partial charge in [0.2, 0.25) is 0 Å². The second kappa shape index (κ2) is 14.8. The Labute approximate surface area is 273 Å². The lowest BCUT2D eigenvalue weighted by atomic mass is 9.87. The average Bonchev–Trinajstić information content (AvgIpc) is 3.08. The van der Waals surface area contributed by atoms with E-state index in [9.17, 15) is 4.79 Å². The van der Waals surface area contributed by atoms with Gasteiger partial charge in [-0.2, -0.15) is 0 Å². The van der Waals surface area contributed by atoms with Gasteiger partial charge in [0.1, 0.15) is 5.75 Å². The van der Waals surface area contributed by atoms with Gasteiger partial charge in [-0.3, -0.25) is 4.79 Å². The van der Waals surface area contributed by atoms with Gasteiger partial charge >= 0.3 is 5.97 Å². The molecule has 5 heteroatoms. The van der Waals surface area contributed by atoms with Crippen LogP contribution in [-0.4, -0.2) is 20.2 Å². The molecule has 1 atom stereocenters. The second-order valence-electron chi connectivity index (χ2n) is 12.0. The van der Waals surface area contributed by atoms with E-state index in [1.807, 2.05) is 60.7 Å². The molecule has 0 aromatic heterocycles. The lowest BCUT2D eigenvalue weighted by Gasteiger charge is -2.24. The van der Waals surface area contributed by atoms with Crippen molar-refractivity contribution in [1.29, 1.82) is 0 Å². The van der Waals surface area contributed by atoms with E-state index in [4.69, 9.17) is 14.2 Å². The van der Waals surface area contributed by atoms with Crippen molar-refractivity contribution >= 4 is 11.7 Å². The summed E-state index contributed by atoms with van der Waals surface area (Å²) in [5, 5.41) is 3.54. The minimum absolute atomic E-state index is 0.0792. The minimum Gasteiger partial charge on any atom is -0.493 e. The molecule has 0 fully saturated rings. The zero-order chi connectivity index (χ0) is 32.6. The van der Waals surface area contributed by atoms with Crippen LogP contribution in [0.1, 0.15) is 68.7 Å².